The van der Waals surface area contributed by atoms with Crippen molar-refractivity contribution >= 4 is 52.2 Å². The number of halogens is 7. The SMILES string of the molecule is CC(/C=C(N)\N=C\c1c(Cl)cc2c(N3CCNCC3)nc(OCCN3CCC4(CC3)CN(c3cc(C(C(=O)N5CCCC5C(=O)NC(C)c5ccc(-c6c(F)cccc6F)cc5)C(C)C)on3)C4)nc2c1F)=C\C(F)(F)F. The molecule has 0 bridgehead atoms. The largest absolute Gasteiger partial charge is 0.462 e. The molecule has 0 radical (unpaired) electrons. The van der Waals surface area contributed by atoms with Crippen molar-refractivity contribution in [2.45, 2.75) is 77.6 Å². The second-order valence-corrected chi connectivity index (χ2v) is 21.2. The number of hydrogen-bond acceptors (Lipinski definition) is 13. The first-order valence-electron chi connectivity index (χ1n) is 25.9. The minimum absolute atomic E-state index is 0.00674. The number of nitrogens with zero attached hydrogens (tertiary/aromatic N) is 8. The molecule has 3 unspecified atom stereocenters. The number of alkyl halides is 3. The van der Waals surface area contributed by atoms with Gasteiger partial charge in [-0.3, -0.25) is 14.5 Å². The highest BCUT2D eigenvalue weighted by atomic mass is 35.5. The molecule has 15 nitrogen and oxygen atoms in total. The van der Waals surface area contributed by atoms with Crippen molar-refractivity contribution in [2.24, 2.45) is 22.1 Å². The Bertz CT molecular complexity index is 3030. The van der Waals surface area contributed by atoms with Crippen molar-refractivity contribution < 1.29 is 45.2 Å². The third-order valence-electron chi connectivity index (χ3n) is 15.0. The van der Waals surface area contributed by atoms with E-state index in [-0.39, 0.29) is 74.9 Å². The predicted octanol–water partition coefficient (Wildman–Crippen LogP) is 9.08. The molecular weight excluding hydrogens is 1030 g/mol. The van der Waals surface area contributed by atoms with E-state index in [2.05, 4.69) is 35.6 Å². The van der Waals surface area contributed by atoms with Gasteiger partial charge in [0, 0.05) is 87.1 Å². The van der Waals surface area contributed by atoms with Crippen LogP contribution in [-0.2, 0) is 9.59 Å². The number of benzene rings is 3. The summed E-state index contributed by atoms with van der Waals surface area (Å²) in [5, 5.41) is 11.1. The fraction of sp³-hybridized carbons (Fsp3) is 0.455. The molecule has 2 amide bonds. The number of carbonyl (C=O) groups excluding carboxylic acids is 2. The van der Waals surface area contributed by atoms with Crippen molar-refractivity contribution in [3.8, 4) is 17.1 Å². The van der Waals surface area contributed by atoms with Crippen LogP contribution in [0.4, 0.5) is 38.0 Å². The van der Waals surface area contributed by atoms with Crippen molar-refractivity contribution in [2.75, 3.05) is 81.9 Å². The molecule has 77 heavy (non-hydrogen) atoms. The fourth-order valence-corrected chi connectivity index (χ4v) is 11.1. The van der Waals surface area contributed by atoms with Crippen LogP contribution in [0.3, 0.4) is 0 Å². The number of allylic oxidation sites excluding steroid dienone is 3. The number of piperazine rings is 1. The molecule has 4 aliphatic rings. The van der Waals surface area contributed by atoms with Gasteiger partial charge in [-0.2, -0.15) is 23.1 Å². The summed E-state index contributed by atoms with van der Waals surface area (Å²) in [6, 6.07) is 12.7. The molecule has 4 saturated heterocycles. The van der Waals surface area contributed by atoms with E-state index in [0.29, 0.717) is 80.5 Å². The lowest BCUT2D eigenvalue weighted by molar-refractivity contribution is -0.141. The van der Waals surface area contributed by atoms with E-state index in [1.807, 2.05) is 31.7 Å². The quantitative estimate of drug-likeness (QED) is 0.0488. The maximum atomic E-state index is 16.3. The number of fused-ring (bicyclic) bond motifs is 1. The summed E-state index contributed by atoms with van der Waals surface area (Å²) in [5.41, 5.74) is 6.56. The molecule has 410 valence electrons. The molecule has 0 saturated carbocycles. The summed E-state index contributed by atoms with van der Waals surface area (Å²) in [5.74, 6) is -2.12. The number of rotatable bonds is 16. The molecule has 2 aromatic heterocycles. The number of carbonyl (C=O) groups is 2. The highest BCUT2D eigenvalue weighted by molar-refractivity contribution is 6.34. The van der Waals surface area contributed by atoms with Gasteiger partial charge < -0.3 is 40.3 Å². The van der Waals surface area contributed by atoms with Crippen LogP contribution in [0.25, 0.3) is 22.0 Å². The van der Waals surface area contributed by atoms with Crippen LogP contribution < -0.4 is 30.9 Å². The second kappa shape index (κ2) is 23.1. The molecule has 9 rings (SSSR count). The summed E-state index contributed by atoms with van der Waals surface area (Å²) in [6.07, 6.45) is 0.665. The van der Waals surface area contributed by atoms with Crippen LogP contribution in [0.5, 0.6) is 6.01 Å². The Morgan fingerprint density at radius 1 is 0.987 bits per heavy atom. The van der Waals surface area contributed by atoms with Gasteiger partial charge in [0.05, 0.1) is 16.6 Å². The topological polar surface area (TPSA) is 171 Å². The van der Waals surface area contributed by atoms with Gasteiger partial charge >= 0.3 is 12.2 Å². The number of nitrogens with two attached hydrogens (primary N) is 1. The number of anilines is 2. The maximum Gasteiger partial charge on any atom is 0.410 e. The number of amides is 2. The zero-order valence-corrected chi connectivity index (χ0v) is 44.0. The Kier molecular flexibility index (Phi) is 16.5. The molecule has 0 aliphatic carbocycles. The van der Waals surface area contributed by atoms with Gasteiger partial charge in [-0.05, 0) is 99.5 Å². The van der Waals surface area contributed by atoms with Crippen LogP contribution in [0.1, 0.15) is 82.2 Å². The first-order chi connectivity index (χ1) is 36.8. The highest BCUT2D eigenvalue weighted by Gasteiger charge is 2.47. The number of aliphatic imine (C=N–C) groups is 1. The Morgan fingerprint density at radius 2 is 1.69 bits per heavy atom. The van der Waals surface area contributed by atoms with Crippen LogP contribution in [-0.4, -0.2) is 127 Å². The van der Waals surface area contributed by atoms with E-state index in [0.717, 1.165) is 56.9 Å². The smallest absolute Gasteiger partial charge is 0.410 e. The molecule has 6 heterocycles. The zero-order valence-electron chi connectivity index (χ0n) is 43.3. The molecular formula is C55H62ClF6N11O4. The highest BCUT2D eigenvalue weighted by Crippen LogP contribution is 2.44. The van der Waals surface area contributed by atoms with Crippen molar-refractivity contribution in [3.05, 3.63) is 118 Å². The number of nitrogens with one attached hydrogen (secondary N) is 2. The van der Waals surface area contributed by atoms with Crippen molar-refractivity contribution in [1.29, 1.82) is 0 Å². The minimum atomic E-state index is -4.54. The molecule has 22 heteroatoms. The van der Waals surface area contributed by atoms with Crippen molar-refractivity contribution in [3.63, 3.8) is 0 Å². The molecule has 4 aliphatic heterocycles. The second-order valence-electron chi connectivity index (χ2n) is 20.8. The van der Waals surface area contributed by atoms with Crippen LogP contribution in [0, 0.1) is 28.8 Å². The van der Waals surface area contributed by atoms with Crippen molar-refractivity contribution in [1.82, 2.24) is 35.6 Å². The van der Waals surface area contributed by atoms with E-state index < -0.39 is 41.6 Å². The molecule has 4 N–H and O–H groups in total. The fourth-order valence-electron chi connectivity index (χ4n) is 10.8. The normalized spacial score (nSPS) is 19.4. The Labute approximate surface area is 447 Å². The van der Waals surface area contributed by atoms with Gasteiger partial charge in [-0.25, -0.2) is 18.2 Å². The van der Waals surface area contributed by atoms with Crippen LogP contribution in [0.15, 0.2) is 87.7 Å². The number of piperidine rings is 1. The molecule has 5 aromatic rings. The van der Waals surface area contributed by atoms with Gasteiger partial charge in [-0.15, -0.1) is 0 Å². The van der Waals surface area contributed by atoms with Crippen LogP contribution >= 0.6 is 11.6 Å². The Morgan fingerprint density at radius 3 is 2.36 bits per heavy atom. The summed E-state index contributed by atoms with van der Waals surface area (Å²) in [6.45, 7) is 13.9. The van der Waals surface area contributed by atoms with E-state index >= 15 is 4.39 Å². The van der Waals surface area contributed by atoms with E-state index in [9.17, 15) is 31.5 Å². The Hall–Kier alpha value is -6.71. The first-order valence-corrected chi connectivity index (χ1v) is 26.3. The van der Waals surface area contributed by atoms with Gasteiger partial charge in [0.25, 0.3) is 0 Å². The predicted molar refractivity (Wildman–Crippen MR) is 282 cm³/mol. The van der Waals surface area contributed by atoms with Gasteiger partial charge in [0.2, 0.25) is 11.8 Å². The Balaban J connectivity index is 0.783. The van der Waals surface area contributed by atoms with E-state index in [1.165, 1.54) is 31.2 Å². The third-order valence-corrected chi connectivity index (χ3v) is 15.3. The number of hydrogen-bond donors (Lipinski definition) is 3. The lowest BCUT2D eigenvalue weighted by atomic mass is 9.72. The number of likely N-dealkylation sites (tertiary alicyclic amines) is 2. The minimum Gasteiger partial charge on any atom is -0.462 e. The lowest BCUT2D eigenvalue weighted by Crippen LogP contribution is -2.60. The average Bonchev–Trinajstić information content (AvgIpc) is 4.09. The zero-order chi connectivity index (χ0) is 54.8. The van der Waals surface area contributed by atoms with Gasteiger partial charge in [0.15, 0.2) is 17.4 Å². The summed E-state index contributed by atoms with van der Waals surface area (Å²) < 4.78 is 95.6. The number of aromatic nitrogens is 3. The standard InChI is InChI=1S/C55H62ClF6N11O4/c1-32(2)46(52(75)73-18-6-9-42(73)51(74)66-34(4)35-10-12-36(13-11-35)47-40(57)7-5-8-41(47)58)43-27-45(69-77-43)72-30-54(31-72)14-19-70(20-15-54)23-24-76-53-67-49-37(50(68-53)71-21-16-64-17-22-71)26-39(56)38(48(49)59)29-65-44(63)25-33(3)28-55(60,61)62/h5,7-8,10-13,25-29,32,34,42,46,64H,6,9,14-24,30-31,63H2,1-4H3,(H,66,74)/b33-28+,44-25-,65-29+. The van der Waals surface area contributed by atoms with Crippen LogP contribution in [0.2, 0.25) is 5.02 Å². The average molecular weight is 1090 g/mol. The summed E-state index contributed by atoms with van der Waals surface area (Å²) in [7, 11) is 0. The van der Waals surface area contributed by atoms with E-state index in [1.54, 1.807) is 29.2 Å². The maximum absolute atomic E-state index is 16.3. The molecule has 4 fully saturated rings. The first kappa shape index (κ1) is 55.1. The number of ether oxygens (including phenoxy) is 1. The molecule has 3 atom stereocenters. The third kappa shape index (κ3) is 12.5. The van der Waals surface area contributed by atoms with Gasteiger partial charge in [-0.1, -0.05) is 60.9 Å². The molecule has 3 aromatic carbocycles. The molecule has 1 spiro atoms. The monoisotopic (exact) mass is 1090 g/mol. The van der Waals surface area contributed by atoms with Gasteiger partial charge in [0.1, 0.15) is 47.4 Å². The van der Waals surface area contributed by atoms with E-state index in [4.69, 9.17) is 31.6 Å². The lowest BCUT2D eigenvalue weighted by Gasteiger charge is -2.54. The summed E-state index contributed by atoms with van der Waals surface area (Å²) in [4.78, 5) is 49.4. The summed E-state index contributed by atoms with van der Waals surface area (Å²) >= 11 is 6.57.